The van der Waals surface area contributed by atoms with Crippen LogP contribution >= 0.6 is 27.5 Å². The van der Waals surface area contributed by atoms with E-state index < -0.39 is 0 Å². The lowest BCUT2D eigenvalue weighted by Gasteiger charge is -2.17. The lowest BCUT2D eigenvalue weighted by Crippen LogP contribution is -2.26. The number of hydrogen-bond donors (Lipinski definition) is 0. The fourth-order valence-electron chi connectivity index (χ4n) is 2.13. The molecule has 2 aromatic rings. The van der Waals surface area contributed by atoms with Crippen LogP contribution in [-0.2, 0) is 17.8 Å². The van der Waals surface area contributed by atoms with Crippen molar-refractivity contribution in [1.82, 2.24) is 4.90 Å². The van der Waals surface area contributed by atoms with E-state index in [2.05, 4.69) is 15.9 Å². The van der Waals surface area contributed by atoms with Crippen LogP contribution in [0.1, 0.15) is 17.5 Å². The molecule has 0 saturated carbocycles. The number of amides is 1. The Morgan fingerprint density at radius 1 is 1.14 bits per heavy atom. The molecule has 0 aliphatic carbocycles. The number of nitrogens with zero attached hydrogens (tertiary/aromatic N) is 1. The largest absolute Gasteiger partial charge is 0.341 e. The van der Waals surface area contributed by atoms with Crippen molar-refractivity contribution in [2.45, 2.75) is 19.4 Å². The second kappa shape index (κ2) is 7.62. The van der Waals surface area contributed by atoms with Crippen LogP contribution < -0.4 is 0 Å². The molecule has 2 rings (SSSR count). The quantitative estimate of drug-likeness (QED) is 0.751. The molecule has 0 unspecified atom stereocenters. The normalized spacial score (nSPS) is 10.4. The van der Waals surface area contributed by atoms with Gasteiger partial charge in [-0.25, -0.2) is 0 Å². The summed E-state index contributed by atoms with van der Waals surface area (Å²) in [6, 6.07) is 15.6. The van der Waals surface area contributed by atoms with Crippen molar-refractivity contribution in [1.29, 1.82) is 0 Å². The average Bonchev–Trinajstić information content (AvgIpc) is 2.45. The number of rotatable bonds is 5. The van der Waals surface area contributed by atoms with E-state index in [4.69, 9.17) is 11.6 Å². The fourth-order valence-corrected chi connectivity index (χ4v) is 2.79. The van der Waals surface area contributed by atoms with Crippen LogP contribution in [0.3, 0.4) is 0 Å². The molecular weight excluding hydrogens is 350 g/mol. The van der Waals surface area contributed by atoms with E-state index in [1.165, 1.54) is 0 Å². The summed E-state index contributed by atoms with van der Waals surface area (Å²) in [4.78, 5) is 13.9. The van der Waals surface area contributed by atoms with Gasteiger partial charge in [-0.15, -0.1) is 0 Å². The highest BCUT2D eigenvalue weighted by Gasteiger charge is 2.09. The highest BCUT2D eigenvalue weighted by atomic mass is 79.9. The molecule has 0 N–H and O–H groups in total. The van der Waals surface area contributed by atoms with Crippen molar-refractivity contribution in [3.05, 3.63) is 69.2 Å². The Bertz CT molecular complexity index is 630. The fraction of sp³-hybridized carbons (Fsp3) is 0.235. The van der Waals surface area contributed by atoms with Crippen molar-refractivity contribution in [2.24, 2.45) is 0 Å². The van der Waals surface area contributed by atoms with E-state index in [1.807, 2.05) is 55.6 Å². The summed E-state index contributed by atoms with van der Waals surface area (Å²) in [7, 11) is 1.82. The summed E-state index contributed by atoms with van der Waals surface area (Å²) >= 11 is 9.40. The van der Waals surface area contributed by atoms with Gasteiger partial charge in [-0.1, -0.05) is 51.8 Å². The first-order valence-electron chi connectivity index (χ1n) is 6.77. The van der Waals surface area contributed by atoms with Crippen LogP contribution in [0.25, 0.3) is 0 Å². The molecule has 110 valence electrons. The first-order valence-corrected chi connectivity index (χ1v) is 7.94. The minimum absolute atomic E-state index is 0.134. The third kappa shape index (κ3) is 5.18. The zero-order valence-electron chi connectivity index (χ0n) is 11.9. The van der Waals surface area contributed by atoms with Gasteiger partial charge < -0.3 is 4.90 Å². The molecule has 0 heterocycles. The van der Waals surface area contributed by atoms with Crippen molar-refractivity contribution < 1.29 is 4.79 Å². The van der Waals surface area contributed by atoms with Crippen molar-refractivity contribution in [3.63, 3.8) is 0 Å². The molecule has 0 bridgehead atoms. The number of benzene rings is 2. The predicted octanol–water partition coefficient (Wildman–Crippen LogP) is 4.69. The van der Waals surface area contributed by atoms with Gasteiger partial charge in [-0.05, 0) is 41.8 Å². The van der Waals surface area contributed by atoms with Crippen LogP contribution in [0.4, 0.5) is 0 Å². The van der Waals surface area contributed by atoms with Crippen LogP contribution in [0.5, 0.6) is 0 Å². The zero-order chi connectivity index (χ0) is 15.2. The number of carbonyl (C=O) groups excluding carboxylic acids is 1. The zero-order valence-corrected chi connectivity index (χ0v) is 14.2. The van der Waals surface area contributed by atoms with Crippen LogP contribution in [-0.4, -0.2) is 17.9 Å². The van der Waals surface area contributed by atoms with Gasteiger partial charge in [-0.3, -0.25) is 4.79 Å². The van der Waals surface area contributed by atoms with Crippen molar-refractivity contribution >= 4 is 33.4 Å². The number of carbonyl (C=O) groups is 1. The second-order valence-corrected chi connectivity index (χ2v) is 6.36. The third-order valence-corrected chi connectivity index (χ3v) is 3.98. The molecule has 0 fully saturated rings. The van der Waals surface area contributed by atoms with Gasteiger partial charge in [0.05, 0.1) is 0 Å². The smallest absolute Gasteiger partial charge is 0.222 e. The number of halogens is 2. The van der Waals surface area contributed by atoms with Crippen LogP contribution in [0.15, 0.2) is 53.0 Å². The first-order chi connectivity index (χ1) is 10.0. The van der Waals surface area contributed by atoms with E-state index in [-0.39, 0.29) is 5.91 Å². The molecule has 21 heavy (non-hydrogen) atoms. The Labute approximate surface area is 138 Å². The summed E-state index contributed by atoms with van der Waals surface area (Å²) in [6.45, 7) is 0.581. The Morgan fingerprint density at radius 3 is 2.57 bits per heavy atom. The van der Waals surface area contributed by atoms with Gasteiger partial charge in [-0.2, -0.15) is 0 Å². The SMILES string of the molecule is CN(Cc1cccc(Cl)c1)C(=O)CCc1cccc(Br)c1. The maximum atomic E-state index is 12.2. The summed E-state index contributed by atoms with van der Waals surface area (Å²) < 4.78 is 1.04. The summed E-state index contributed by atoms with van der Waals surface area (Å²) in [5, 5.41) is 0.697. The van der Waals surface area contributed by atoms with Gasteiger partial charge in [0.1, 0.15) is 0 Å². The Kier molecular flexibility index (Phi) is 5.83. The maximum absolute atomic E-state index is 12.2. The van der Waals surface area contributed by atoms with E-state index >= 15 is 0 Å². The van der Waals surface area contributed by atoms with Gasteiger partial charge in [0.25, 0.3) is 0 Å². The van der Waals surface area contributed by atoms with Crippen molar-refractivity contribution in [3.8, 4) is 0 Å². The standard InChI is InChI=1S/C17H17BrClNO/c1-20(12-14-5-3-7-16(19)11-14)17(21)9-8-13-4-2-6-15(18)10-13/h2-7,10-11H,8-9,12H2,1H3. The molecule has 0 aliphatic heterocycles. The Balaban J connectivity index is 1.88. The van der Waals surface area contributed by atoms with Crippen molar-refractivity contribution in [2.75, 3.05) is 7.05 Å². The topological polar surface area (TPSA) is 20.3 Å². The van der Waals surface area contributed by atoms with Crippen LogP contribution in [0.2, 0.25) is 5.02 Å². The van der Waals surface area contributed by atoms with E-state index in [9.17, 15) is 4.79 Å². The van der Waals surface area contributed by atoms with Gasteiger partial charge in [0.15, 0.2) is 0 Å². The monoisotopic (exact) mass is 365 g/mol. The molecule has 0 spiro atoms. The molecule has 2 nitrogen and oxygen atoms in total. The van der Waals surface area contributed by atoms with Gasteiger partial charge in [0.2, 0.25) is 5.91 Å². The molecule has 0 saturated heterocycles. The molecule has 2 aromatic carbocycles. The summed E-state index contributed by atoms with van der Waals surface area (Å²) in [5.74, 6) is 0.134. The molecule has 0 aromatic heterocycles. The highest BCUT2D eigenvalue weighted by molar-refractivity contribution is 9.10. The van der Waals surface area contributed by atoms with Crippen LogP contribution in [0, 0.1) is 0 Å². The van der Waals surface area contributed by atoms with E-state index in [1.54, 1.807) is 4.90 Å². The molecule has 0 atom stereocenters. The third-order valence-electron chi connectivity index (χ3n) is 3.25. The lowest BCUT2D eigenvalue weighted by atomic mass is 10.1. The molecular formula is C17H17BrClNO. The average molecular weight is 367 g/mol. The molecule has 0 aliphatic rings. The first kappa shape index (κ1) is 16.1. The molecule has 0 radical (unpaired) electrons. The van der Waals surface area contributed by atoms with Gasteiger partial charge >= 0.3 is 0 Å². The predicted molar refractivity (Wildman–Crippen MR) is 90.4 cm³/mol. The minimum atomic E-state index is 0.134. The summed E-state index contributed by atoms with van der Waals surface area (Å²) in [6.07, 6.45) is 1.26. The van der Waals surface area contributed by atoms with E-state index in [0.29, 0.717) is 18.0 Å². The number of aryl methyl sites for hydroxylation is 1. The van der Waals surface area contributed by atoms with Gasteiger partial charge in [0, 0.05) is 29.5 Å². The lowest BCUT2D eigenvalue weighted by molar-refractivity contribution is -0.130. The maximum Gasteiger partial charge on any atom is 0.222 e. The second-order valence-electron chi connectivity index (χ2n) is 5.01. The Morgan fingerprint density at radius 2 is 1.86 bits per heavy atom. The minimum Gasteiger partial charge on any atom is -0.341 e. The Hall–Kier alpha value is -1.32. The number of hydrogen-bond acceptors (Lipinski definition) is 1. The highest BCUT2D eigenvalue weighted by Crippen LogP contribution is 2.15. The summed E-state index contributed by atoms with van der Waals surface area (Å²) in [5.41, 5.74) is 2.20. The molecule has 1 amide bonds. The van der Waals surface area contributed by atoms with E-state index in [0.717, 1.165) is 22.0 Å². The molecule has 4 heteroatoms.